The molecule has 23 heavy (non-hydrogen) atoms. The summed E-state index contributed by atoms with van der Waals surface area (Å²) in [5.41, 5.74) is 0.360. The van der Waals surface area contributed by atoms with E-state index in [0.29, 0.717) is 5.56 Å². The zero-order valence-electron chi connectivity index (χ0n) is 12.7. The van der Waals surface area contributed by atoms with Crippen molar-refractivity contribution in [3.63, 3.8) is 0 Å². The first-order valence-electron chi connectivity index (χ1n) is 7.43. The smallest absolute Gasteiger partial charge is 0.295 e. The Bertz CT molecular complexity index is 715. The molecule has 1 aromatic carbocycles. The number of hydrogen-bond acceptors (Lipinski definition) is 3. The van der Waals surface area contributed by atoms with Gasteiger partial charge in [0.2, 0.25) is 11.8 Å². The second kappa shape index (κ2) is 5.11. The summed E-state index contributed by atoms with van der Waals surface area (Å²) in [6.07, 6.45) is 0.0586. The van der Waals surface area contributed by atoms with Crippen LogP contribution in [0.25, 0.3) is 0 Å². The van der Waals surface area contributed by atoms with Crippen LogP contribution in [0, 0.1) is 0 Å². The Labute approximate surface area is 131 Å². The van der Waals surface area contributed by atoms with Crippen LogP contribution in [0.2, 0.25) is 0 Å². The molecule has 2 heterocycles. The van der Waals surface area contributed by atoms with E-state index >= 15 is 0 Å². The zero-order chi connectivity index (χ0) is 16.9. The summed E-state index contributed by atoms with van der Waals surface area (Å²) in [6, 6.07) is 3.37. The monoisotopic (exact) mass is 322 g/mol. The first-order chi connectivity index (χ1) is 10.7. The highest BCUT2D eigenvalue weighted by atomic mass is 19.3. The largest absolute Gasteiger partial charge is 0.352 e. The van der Waals surface area contributed by atoms with Crippen molar-refractivity contribution < 1.29 is 23.2 Å². The fraction of sp³-hybridized carbons (Fsp3) is 0.438. The van der Waals surface area contributed by atoms with E-state index < -0.39 is 29.7 Å². The van der Waals surface area contributed by atoms with E-state index in [0.717, 1.165) is 4.90 Å². The molecule has 2 aliphatic heterocycles. The van der Waals surface area contributed by atoms with Gasteiger partial charge in [0.05, 0.1) is 11.3 Å². The van der Waals surface area contributed by atoms with Gasteiger partial charge < -0.3 is 0 Å². The first kappa shape index (κ1) is 15.6. The van der Waals surface area contributed by atoms with Crippen LogP contribution in [-0.2, 0) is 20.3 Å². The van der Waals surface area contributed by atoms with E-state index in [-0.39, 0.29) is 30.0 Å². The molecule has 0 spiro atoms. The Hall–Kier alpha value is -2.31. The normalized spacial score (nSPS) is 23.3. The van der Waals surface area contributed by atoms with Crippen LogP contribution in [0.1, 0.15) is 43.7 Å². The third-order valence-electron chi connectivity index (χ3n) is 4.29. The molecule has 3 amide bonds. The third kappa shape index (κ3) is 2.31. The molecule has 0 aliphatic carbocycles. The summed E-state index contributed by atoms with van der Waals surface area (Å²) in [7, 11) is 0. The fourth-order valence-corrected chi connectivity index (χ4v) is 2.99. The van der Waals surface area contributed by atoms with Gasteiger partial charge >= 0.3 is 11.8 Å². The van der Waals surface area contributed by atoms with E-state index in [1.165, 1.54) is 12.1 Å². The maximum absolute atomic E-state index is 14.4. The van der Waals surface area contributed by atoms with Crippen LogP contribution in [0.15, 0.2) is 18.2 Å². The maximum Gasteiger partial charge on any atom is 0.352 e. The molecule has 2 aliphatic rings. The molecular weight excluding hydrogens is 306 g/mol. The van der Waals surface area contributed by atoms with Crippen LogP contribution >= 0.6 is 0 Å². The predicted octanol–water partition coefficient (Wildman–Crippen LogP) is 2.05. The summed E-state index contributed by atoms with van der Waals surface area (Å²) < 4.78 is 28.8. The highest BCUT2D eigenvalue weighted by Crippen LogP contribution is 2.46. The van der Waals surface area contributed by atoms with Crippen molar-refractivity contribution in [3.8, 4) is 0 Å². The number of nitrogens with one attached hydrogen (secondary N) is 1. The van der Waals surface area contributed by atoms with Gasteiger partial charge in [0.1, 0.15) is 6.04 Å². The Balaban J connectivity index is 2.06. The van der Waals surface area contributed by atoms with Crippen molar-refractivity contribution in [2.75, 3.05) is 4.90 Å². The summed E-state index contributed by atoms with van der Waals surface area (Å²) >= 11 is 0. The third-order valence-corrected chi connectivity index (χ3v) is 4.29. The Morgan fingerprint density at radius 2 is 1.96 bits per heavy atom. The maximum atomic E-state index is 14.4. The molecule has 0 saturated carbocycles. The lowest BCUT2D eigenvalue weighted by atomic mass is 9.98. The highest BCUT2D eigenvalue weighted by Gasteiger charge is 2.56. The van der Waals surface area contributed by atoms with Gasteiger partial charge in [0.15, 0.2) is 0 Å². The molecule has 1 fully saturated rings. The molecule has 0 aromatic heterocycles. The minimum atomic E-state index is -3.66. The molecule has 5 nitrogen and oxygen atoms in total. The summed E-state index contributed by atoms with van der Waals surface area (Å²) in [4.78, 5) is 36.2. The standard InChI is InChI=1S/C16H16F2N2O3/c1-8(2)9-3-4-11-10(7-9)16(17,18)15(23)20(11)12-5-6-13(21)19-14(12)22/h3-4,7-8,12H,5-6H2,1-2H3,(H,19,21,22). The molecule has 1 unspecified atom stereocenters. The number of anilines is 1. The van der Waals surface area contributed by atoms with Crippen LogP contribution in [0.4, 0.5) is 14.5 Å². The Morgan fingerprint density at radius 3 is 2.57 bits per heavy atom. The van der Waals surface area contributed by atoms with Crippen molar-refractivity contribution in [2.24, 2.45) is 0 Å². The fourth-order valence-electron chi connectivity index (χ4n) is 2.99. The van der Waals surface area contributed by atoms with Crippen LogP contribution < -0.4 is 10.2 Å². The number of piperidine rings is 1. The first-order valence-corrected chi connectivity index (χ1v) is 7.43. The highest BCUT2D eigenvalue weighted by molar-refractivity contribution is 6.12. The van der Waals surface area contributed by atoms with Crippen molar-refractivity contribution in [3.05, 3.63) is 29.3 Å². The lowest BCUT2D eigenvalue weighted by molar-refractivity contribution is -0.144. The summed E-state index contributed by atoms with van der Waals surface area (Å²) in [5, 5.41) is 2.10. The van der Waals surface area contributed by atoms with Crippen LogP contribution in [0.3, 0.4) is 0 Å². The number of halogens is 2. The molecule has 7 heteroatoms. The SMILES string of the molecule is CC(C)c1ccc2c(c1)C(F)(F)C(=O)N2C1CCC(=O)NC1=O. The van der Waals surface area contributed by atoms with E-state index in [4.69, 9.17) is 0 Å². The van der Waals surface area contributed by atoms with Gasteiger partial charge in [-0.05, 0) is 30.0 Å². The molecule has 1 atom stereocenters. The van der Waals surface area contributed by atoms with E-state index in [1.807, 2.05) is 13.8 Å². The van der Waals surface area contributed by atoms with Crippen molar-refractivity contribution in [1.29, 1.82) is 0 Å². The molecule has 0 bridgehead atoms. The van der Waals surface area contributed by atoms with E-state index in [9.17, 15) is 23.2 Å². The van der Waals surface area contributed by atoms with Gasteiger partial charge in [-0.1, -0.05) is 19.9 Å². The van der Waals surface area contributed by atoms with Gasteiger partial charge in [-0.2, -0.15) is 8.78 Å². The number of benzene rings is 1. The molecule has 0 radical (unpaired) electrons. The van der Waals surface area contributed by atoms with Gasteiger partial charge in [-0.25, -0.2) is 0 Å². The summed E-state index contributed by atoms with van der Waals surface area (Å²) in [5.74, 6) is -6.22. The number of rotatable bonds is 2. The van der Waals surface area contributed by atoms with Crippen molar-refractivity contribution in [1.82, 2.24) is 5.32 Å². The quantitative estimate of drug-likeness (QED) is 0.848. The average Bonchev–Trinajstić information content (AvgIpc) is 2.67. The zero-order valence-corrected chi connectivity index (χ0v) is 12.7. The minimum Gasteiger partial charge on any atom is -0.295 e. The van der Waals surface area contributed by atoms with Gasteiger partial charge in [-0.15, -0.1) is 0 Å². The second-order valence-electron chi connectivity index (χ2n) is 6.15. The molecular formula is C16H16F2N2O3. The summed E-state index contributed by atoms with van der Waals surface area (Å²) in [6.45, 7) is 3.74. The number of amides is 3. The lowest BCUT2D eigenvalue weighted by Gasteiger charge is -2.30. The number of imide groups is 1. The Morgan fingerprint density at radius 1 is 1.26 bits per heavy atom. The van der Waals surface area contributed by atoms with Gasteiger partial charge in [0, 0.05) is 6.42 Å². The molecule has 1 aromatic rings. The molecule has 1 N–H and O–H groups in total. The van der Waals surface area contributed by atoms with Gasteiger partial charge in [-0.3, -0.25) is 24.6 Å². The van der Waals surface area contributed by atoms with E-state index in [1.54, 1.807) is 6.07 Å². The number of carbonyl (C=O) groups excluding carboxylic acids is 3. The topological polar surface area (TPSA) is 66.5 Å². The predicted molar refractivity (Wildman–Crippen MR) is 78.1 cm³/mol. The second-order valence-corrected chi connectivity index (χ2v) is 6.15. The average molecular weight is 322 g/mol. The van der Waals surface area contributed by atoms with Crippen LogP contribution in [0.5, 0.6) is 0 Å². The lowest BCUT2D eigenvalue weighted by Crippen LogP contribution is -2.54. The molecule has 1 saturated heterocycles. The number of fused-ring (bicyclic) bond motifs is 1. The molecule has 3 rings (SSSR count). The molecule has 122 valence electrons. The Kier molecular flexibility index (Phi) is 3.46. The number of alkyl halides is 2. The minimum absolute atomic E-state index is 0.0190. The van der Waals surface area contributed by atoms with E-state index in [2.05, 4.69) is 5.32 Å². The van der Waals surface area contributed by atoms with Crippen molar-refractivity contribution in [2.45, 2.75) is 44.6 Å². The number of nitrogens with zero attached hydrogens (tertiary/aromatic N) is 1. The number of hydrogen-bond donors (Lipinski definition) is 1. The van der Waals surface area contributed by atoms with Crippen molar-refractivity contribution >= 4 is 23.4 Å². The van der Waals surface area contributed by atoms with Crippen LogP contribution in [-0.4, -0.2) is 23.8 Å². The number of carbonyl (C=O) groups is 3. The van der Waals surface area contributed by atoms with Gasteiger partial charge in [0.25, 0.3) is 0 Å².